The largest absolute Gasteiger partial charge is 0.482 e. The Hall–Kier alpha value is -2.09. The summed E-state index contributed by atoms with van der Waals surface area (Å²) in [4.78, 5) is 12.0. The Labute approximate surface area is 183 Å². The maximum Gasteiger partial charge on any atom is 0.257 e. The molecule has 0 unspecified atom stereocenters. The average molecular weight is 451 g/mol. The molecule has 30 heavy (non-hydrogen) atoms. The zero-order valence-electron chi connectivity index (χ0n) is 17.1. The lowest BCUT2D eigenvalue weighted by Crippen LogP contribution is -2.35. The number of unbranched alkanes of at least 4 members (excludes halogenated alkanes) is 2. The first-order valence-corrected chi connectivity index (χ1v) is 12.0. The van der Waals surface area contributed by atoms with Gasteiger partial charge in [0, 0.05) is 19.6 Å². The summed E-state index contributed by atoms with van der Waals surface area (Å²) in [6, 6.07) is 12.2. The average Bonchev–Trinajstić information content (AvgIpc) is 2.75. The van der Waals surface area contributed by atoms with E-state index in [9.17, 15) is 13.2 Å². The predicted octanol–water partition coefficient (Wildman–Crippen LogP) is 3.77. The third-order valence-electron chi connectivity index (χ3n) is 5.10. The van der Waals surface area contributed by atoms with Gasteiger partial charge in [-0.1, -0.05) is 55.6 Å². The normalized spacial score (nSPS) is 14.2. The van der Waals surface area contributed by atoms with Crippen LogP contribution in [0.4, 0.5) is 0 Å². The molecule has 1 aliphatic heterocycles. The van der Waals surface area contributed by atoms with E-state index in [1.54, 1.807) is 0 Å². The van der Waals surface area contributed by atoms with Crippen LogP contribution in [0.3, 0.4) is 0 Å². The van der Waals surface area contributed by atoms with Crippen LogP contribution in [0.1, 0.15) is 37.3 Å². The summed E-state index contributed by atoms with van der Waals surface area (Å²) in [5.74, 6) is 0.0502. The van der Waals surface area contributed by atoms with Crippen LogP contribution in [0, 0.1) is 0 Å². The Balaban J connectivity index is 1.62. The van der Waals surface area contributed by atoms with Crippen molar-refractivity contribution in [1.29, 1.82) is 0 Å². The first kappa shape index (κ1) is 22.6. The molecule has 0 bridgehead atoms. The van der Waals surface area contributed by atoms with Gasteiger partial charge < -0.3 is 10.1 Å². The lowest BCUT2D eigenvalue weighted by Gasteiger charge is -2.28. The van der Waals surface area contributed by atoms with Crippen molar-refractivity contribution < 1.29 is 17.9 Å². The van der Waals surface area contributed by atoms with Crippen molar-refractivity contribution in [3.63, 3.8) is 0 Å². The smallest absolute Gasteiger partial charge is 0.257 e. The number of carbonyl (C=O) groups excluding carboxylic acids is 1. The Morgan fingerprint density at radius 2 is 1.93 bits per heavy atom. The number of sulfonamides is 1. The van der Waals surface area contributed by atoms with Crippen molar-refractivity contribution in [3.05, 3.63) is 58.6 Å². The van der Waals surface area contributed by atoms with Crippen LogP contribution in [0.25, 0.3) is 0 Å². The molecular weight excluding hydrogens is 424 g/mol. The van der Waals surface area contributed by atoms with Gasteiger partial charge in [0.05, 0.1) is 9.92 Å². The number of nitrogens with one attached hydrogen (secondary N) is 1. The second-order valence-electron chi connectivity index (χ2n) is 7.30. The van der Waals surface area contributed by atoms with Gasteiger partial charge in [-0.05, 0) is 42.2 Å². The maximum atomic E-state index is 13.1. The van der Waals surface area contributed by atoms with Crippen molar-refractivity contribution >= 4 is 27.5 Å². The molecule has 0 radical (unpaired) electrons. The molecule has 162 valence electrons. The van der Waals surface area contributed by atoms with Crippen LogP contribution in [0.5, 0.6) is 5.75 Å². The van der Waals surface area contributed by atoms with E-state index in [0.29, 0.717) is 26.1 Å². The van der Waals surface area contributed by atoms with Crippen LogP contribution in [0.15, 0.2) is 47.4 Å². The summed E-state index contributed by atoms with van der Waals surface area (Å²) < 4.78 is 33.0. The fraction of sp³-hybridized carbons (Fsp3) is 0.409. The van der Waals surface area contributed by atoms with Crippen molar-refractivity contribution in [2.45, 2.75) is 44.0 Å². The number of halogens is 1. The molecule has 8 heteroatoms. The highest BCUT2D eigenvalue weighted by Gasteiger charge is 2.28. The first-order valence-electron chi connectivity index (χ1n) is 10.2. The highest BCUT2D eigenvalue weighted by atomic mass is 35.5. The number of nitrogens with zero attached hydrogens (tertiary/aromatic N) is 1. The van der Waals surface area contributed by atoms with Gasteiger partial charge in [0.15, 0.2) is 6.61 Å². The van der Waals surface area contributed by atoms with Crippen LogP contribution in [-0.2, 0) is 27.8 Å². The number of benzene rings is 2. The summed E-state index contributed by atoms with van der Waals surface area (Å²) in [5.41, 5.74) is 2.20. The highest BCUT2D eigenvalue weighted by molar-refractivity contribution is 7.89. The van der Waals surface area contributed by atoms with Crippen LogP contribution < -0.4 is 10.1 Å². The summed E-state index contributed by atoms with van der Waals surface area (Å²) in [6.07, 6.45) is 3.75. The lowest BCUT2D eigenvalue weighted by atomic mass is 10.0. The van der Waals surface area contributed by atoms with E-state index >= 15 is 0 Å². The number of ether oxygens (including phenoxy) is 1. The molecule has 1 N–H and O–H groups in total. The van der Waals surface area contributed by atoms with Gasteiger partial charge in [0.25, 0.3) is 5.91 Å². The summed E-state index contributed by atoms with van der Waals surface area (Å²) in [5, 5.41) is 2.94. The molecule has 0 saturated heterocycles. The van der Waals surface area contributed by atoms with E-state index in [2.05, 4.69) is 12.2 Å². The second-order valence-corrected chi connectivity index (χ2v) is 9.64. The fourth-order valence-electron chi connectivity index (χ4n) is 3.38. The Morgan fingerprint density at radius 3 is 2.67 bits per heavy atom. The van der Waals surface area contributed by atoms with Gasteiger partial charge >= 0.3 is 0 Å². The molecule has 2 aromatic rings. The van der Waals surface area contributed by atoms with E-state index in [1.807, 2.05) is 24.3 Å². The standard InChI is InChI=1S/C22H27ClN2O4S/c1-2-3-6-12-24-22(26)16-29-21-10-9-19(14-20(21)23)30(27,28)25-13-11-17-7-4-5-8-18(17)15-25/h4-5,7-10,14H,2-3,6,11-13,15-16H2,1H3,(H,24,26). The highest BCUT2D eigenvalue weighted by Crippen LogP contribution is 2.30. The van der Waals surface area contributed by atoms with Crippen molar-refractivity contribution in [1.82, 2.24) is 9.62 Å². The number of carbonyl (C=O) groups is 1. The summed E-state index contributed by atoms with van der Waals surface area (Å²) in [6.45, 7) is 3.31. The van der Waals surface area contributed by atoms with Crippen LogP contribution >= 0.6 is 11.6 Å². The van der Waals surface area contributed by atoms with Gasteiger partial charge in [0.2, 0.25) is 10.0 Å². The third kappa shape index (κ3) is 5.53. The molecule has 1 amide bonds. The number of fused-ring (bicyclic) bond motifs is 1. The monoisotopic (exact) mass is 450 g/mol. The van der Waals surface area contributed by atoms with Gasteiger partial charge in [0.1, 0.15) is 5.75 Å². The molecule has 0 fully saturated rings. The lowest BCUT2D eigenvalue weighted by molar-refractivity contribution is -0.123. The quantitative estimate of drug-likeness (QED) is 0.590. The van der Waals surface area contributed by atoms with Gasteiger partial charge in [-0.2, -0.15) is 4.31 Å². The van der Waals surface area contributed by atoms with Crippen molar-refractivity contribution in [2.24, 2.45) is 0 Å². The first-order chi connectivity index (χ1) is 14.4. The number of rotatable bonds is 9. The fourth-order valence-corrected chi connectivity index (χ4v) is 5.13. The molecule has 0 saturated carbocycles. The van der Waals surface area contributed by atoms with E-state index < -0.39 is 10.0 Å². The molecule has 0 spiro atoms. The Bertz CT molecular complexity index is 994. The van der Waals surface area contributed by atoms with Gasteiger partial charge in [-0.15, -0.1) is 0 Å². The summed E-state index contributed by atoms with van der Waals surface area (Å²) >= 11 is 6.24. The molecule has 1 aliphatic rings. The maximum absolute atomic E-state index is 13.1. The van der Waals surface area contributed by atoms with Crippen molar-refractivity contribution in [2.75, 3.05) is 19.7 Å². The molecule has 0 atom stereocenters. The number of hydrogen-bond donors (Lipinski definition) is 1. The number of amides is 1. The molecule has 3 rings (SSSR count). The molecular formula is C22H27ClN2O4S. The van der Waals surface area contributed by atoms with E-state index in [0.717, 1.165) is 24.8 Å². The molecule has 6 nitrogen and oxygen atoms in total. The number of hydrogen-bond acceptors (Lipinski definition) is 4. The van der Waals surface area contributed by atoms with E-state index in [4.69, 9.17) is 16.3 Å². The molecule has 0 aromatic heterocycles. The van der Waals surface area contributed by atoms with Gasteiger partial charge in [-0.25, -0.2) is 8.42 Å². The Morgan fingerprint density at radius 1 is 1.17 bits per heavy atom. The topological polar surface area (TPSA) is 75.7 Å². The predicted molar refractivity (Wildman–Crippen MR) is 117 cm³/mol. The molecule has 0 aliphatic carbocycles. The SMILES string of the molecule is CCCCCNC(=O)COc1ccc(S(=O)(=O)N2CCc3ccccc3C2)cc1Cl. The van der Waals surface area contributed by atoms with E-state index in [-0.39, 0.29) is 28.2 Å². The molecule has 1 heterocycles. The van der Waals surface area contributed by atoms with Crippen molar-refractivity contribution in [3.8, 4) is 5.75 Å². The second kappa shape index (κ2) is 10.3. The van der Waals surface area contributed by atoms with E-state index in [1.165, 1.54) is 28.1 Å². The minimum absolute atomic E-state index is 0.114. The molecule has 2 aromatic carbocycles. The minimum Gasteiger partial charge on any atom is -0.482 e. The minimum atomic E-state index is -3.68. The zero-order valence-corrected chi connectivity index (χ0v) is 18.6. The third-order valence-corrected chi connectivity index (χ3v) is 7.23. The zero-order chi connectivity index (χ0) is 21.6. The van der Waals surface area contributed by atoms with Crippen LogP contribution in [0.2, 0.25) is 5.02 Å². The summed E-state index contributed by atoms with van der Waals surface area (Å²) in [7, 11) is -3.68. The van der Waals surface area contributed by atoms with Gasteiger partial charge in [-0.3, -0.25) is 4.79 Å². The Kier molecular flexibility index (Phi) is 7.75. The van der Waals surface area contributed by atoms with Crippen LogP contribution in [-0.4, -0.2) is 38.3 Å².